The number of rotatable bonds is 4. The molecule has 0 spiro atoms. The van der Waals surface area contributed by atoms with Gasteiger partial charge in [-0.05, 0) is 22.2 Å². The Morgan fingerprint density at radius 1 is 0.760 bits per heavy atom. The van der Waals surface area contributed by atoms with Crippen molar-refractivity contribution in [1.82, 2.24) is 0 Å². The Hall–Kier alpha value is 0.204. The first-order chi connectivity index (χ1) is 11.6. The average Bonchev–Trinajstić information content (AvgIpc) is 3.21. The van der Waals surface area contributed by atoms with Gasteiger partial charge < -0.3 is 17.7 Å². The molecule has 0 N–H and O–H groups in total. The lowest BCUT2D eigenvalue weighted by atomic mass is 10.1. The minimum absolute atomic E-state index is 0.00218. The molecule has 2 heterocycles. The van der Waals surface area contributed by atoms with E-state index < -0.39 is 29.4 Å². The topological polar surface area (TPSA) is 40.2 Å². The van der Waals surface area contributed by atoms with E-state index >= 15 is 0 Å². The normalized spacial score (nSPS) is 39.5. The molecule has 1 unspecified atom stereocenters. The molecule has 1 saturated carbocycles. The van der Waals surface area contributed by atoms with Gasteiger partial charge in [-0.2, -0.15) is 0 Å². The lowest BCUT2D eigenvalue weighted by Crippen LogP contribution is -2.65. The summed E-state index contributed by atoms with van der Waals surface area (Å²) in [6, 6.07) is 0. The quantitative estimate of drug-likeness (QED) is 0.516. The van der Waals surface area contributed by atoms with Crippen molar-refractivity contribution in [2.45, 2.75) is 102 Å². The van der Waals surface area contributed by atoms with Gasteiger partial charge in [0.05, 0.1) is 12.2 Å². The molecule has 0 aromatic heterocycles. The Labute approximate surface area is 154 Å². The summed E-state index contributed by atoms with van der Waals surface area (Å²) in [5, 5.41) is 0. The molecule has 1 aliphatic carbocycles. The van der Waals surface area contributed by atoms with Gasteiger partial charge in [-0.3, -0.25) is 0 Å². The first kappa shape index (κ1) is 20.0. The number of fused-ring (bicyclic) bond motifs is 3. The zero-order valence-corrected chi connectivity index (χ0v) is 18.9. The fourth-order valence-corrected chi connectivity index (χ4v) is 16.1. The summed E-state index contributed by atoms with van der Waals surface area (Å²) in [6.07, 6.45) is -1.82. The van der Waals surface area contributed by atoms with E-state index in [0.29, 0.717) is 17.7 Å². The van der Waals surface area contributed by atoms with Crippen LogP contribution in [0.4, 0.5) is 4.39 Å². The van der Waals surface area contributed by atoms with Crippen LogP contribution in [0, 0.1) is 5.92 Å². The molecule has 2 aliphatic heterocycles. The summed E-state index contributed by atoms with van der Waals surface area (Å²) in [5.74, 6) is -0.00218. The average molecular weight is 391 g/mol. The van der Waals surface area contributed by atoms with Gasteiger partial charge in [0.1, 0.15) is 6.10 Å². The minimum Gasteiger partial charge on any atom is -0.414 e. The number of alkyl halides is 1. The van der Waals surface area contributed by atoms with E-state index in [-0.39, 0.29) is 29.2 Å². The van der Waals surface area contributed by atoms with Crippen molar-refractivity contribution >= 4 is 17.1 Å². The molecule has 0 radical (unpaired) electrons. The fraction of sp³-hybridized carbons (Fsp3) is 1.00. The molecule has 25 heavy (non-hydrogen) atoms. The van der Waals surface area contributed by atoms with E-state index in [1.165, 1.54) is 0 Å². The maximum absolute atomic E-state index is 14.9. The Morgan fingerprint density at radius 3 is 1.76 bits per heavy atom. The third-order valence-electron chi connectivity index (χ3n) is 6.39. The SMILES string of the molecule is CC(C)[Si]1(C(C)C)OC[C@@H]2C(O[Si](C(C)C)(C(C)C)O1)[C@@H](F)[C@@H]1O[C@@H]12. The summed E-state index contributed by atoms with van der Waals surface area (Å²) in [7, 11) is -5.19. The molecule has 2 saturated heterocycles. The summed E-state index contributed by atoms with van der Waals surface area (Å²) in [6.45, 7) is 18.0. The molecule has 0 aromatic carbocycles. The van der Waals surface area contributed by atoms with Crippen LogP contribution in [0.25, 0.3) is 0 Å². The Morgan fingerprint density at radius 2 is 1.28 bits per heavy atom. The van der Waals surface area contributed by atoms with E-state index in [0.717, 1.165) is 0 Å². The highest BCUT2D eigenvalue weighted by Gasteiger charge is 2.68. The molecule has 5 atom stereocenters. The highest BCUT2D eigenvalue weighted by molar-refractivity contribution is 6.83. The zero-order valence-electron chi connectivity index (χ0n) is 16.9. The van der Waals surface area contributed by atoms with Gasteiger partial charge in [-0.1, -0.05) is 55.4 Å². The van der Waals surface area contributed by atoms with Crippen molar-refractivity contribution in [2.75, 3.05) is 6.61 Å². The molecule has 146 valence electrons. The summed E-state index contributed by atoms with van der Waals surface area (Å²) in [4.78, 5) is 0. The molecule has 4 nitrogen and oxygen atoms in total. The third kappa shape index (κ3) is 2.99. The Bertz CT molecular complexity index is 483. The molecular weight excluding hydrogens is 355 g/mol. The van der Waals surface area contributed by atoms with Gasteiger partial charge in [0.25, 0.3) is 0 Å². The molecule has 7 heteroatoms. The number of halogens is 1. The summed E-state index contributed by atoms with van der Waals surface area (Å²) in [5.41, 5.74) is 1.11. The van der Waals surface area contributed by atoms with Crippen LogP contribution < -0.4 is 0 Å². The third-order valence-corrected chi connectivity index (χ3v) is 16.6. The molecule has 3 rings (SSSR count). The largest absolute Gasteiger partial charge is 0.414 e. The van der Waals surface area contributed by atoms with Crippen LogP contribution in [0.5, 0.6) is 0 Å². The van der Waals surface area contributed by atoms with Crippen LogP contribution in [0.15, 0.2) is 0 Å². The summed E-state index contributed by atoms with van der Waals surface area (Å²) >= 11 is 0. The highest BCUT2D eigenvalue weighted by Crippen LogP contribution is 2.53. The van der Waals surface area contributed by atoms with E-state index in [2.05, 4.69) is 55.4 Å². The van der Waals surface area contributed by atoms with E-state index in [1.807, 2.05) is 0 Å². The van der Waals surface area contributed by atoms with Gasteiger partial charge in [-0.15, -0.1) is 0 Å². The van der Waals surface area contributed by atoms with Crippen LogP contribution in [0.1, 0.15) is 55.4 Å². The lowest BCUT2D eigenvalue weighted by Gasteiger charge is -2.51. The van der Waals surface area contributed by atoms with Crippen LogP contribution in [0.2, 0.25) is 22.2 Å². The van der Waals surface area contributed by atoms with E-state index in [1.54, 1.807) is 0 Å². The second-order valence-electron chi connectivity index (χ2n) is 9.23. The van der Waals surface area contributed by atoms with Crippen molar-refractivity contribution in [3.05, 3.63) is 0 Å². The van der Waals surface area contributed by atoms with E-state index in [4.69, 9.17) is 17.7 Å². The van der Waals surface area contributed by atoms with Crippen molar-refractivity contribution < 1.29 is 22.1 Å². The van der Waals surface area contributed by atoms with Crippen molar-refractivity contribution in [3.63, 3.8) is 0 Å². The highest BCUT2D eigenvalue weighted by atomic mass is 28.5. The predicted octanol–water partition coefficient (Wildman–Crippen LogP) is 4.68. The van der Waals surface area contributed by atoms with E-state index in [9.17, 15) is 4.39 Å². The van der Waals surface area contributed by atoms with Gasteiger partial charge in [0, 0.05) is 12.5 Å². The molecule has 0 amide bonds. The maximum atomic E-state index is 14.9. The lowest BCUT2D eigenvalue weighted by molar-refractivity contribution is -0.0307. The second-order valence-corrected chi connectivity index (χ2v) is 18.1. The Balaban J connectivity index is 2.04. The summed E-state index contributed by atoms with van der Waals surface area (Å²) < 4.78 is 40.8. The maximum Gasteiger partial charge on any atom is 0.335 e. The number of hydrogen-bond donors (Lipinski definition) is 0. The zero-order chi connectivity index (χ0) is 18.7. The molecule has 3 aliphatic rings. The van der Waals surface area contributed by atoms with Gasteiger partial charge in [-0.25, -0.2) is 4.39 Å². The van der Waals surface area contributed by atoms with Crippen molar-refractivity contribution in [3.8, 4) is 0 Å². The van der Waals surface area contributed by atoms with Crippen molar-refractivity contribution in [1.29, 1.82) is 0 Å². The number of ether oxygens (including phenoxy) is 1. The van der Waals surface area contributed by atoms with Gasteiger partial charge in [0.2, 0.25) is 0 Å². The van der Waals surface area contributed by atoms with Crippen LogP contribution in [-0.2, 0) is 17.7 Å². The monoisotopic (exact) mass is 390 g/mol. The van der Waals surface area contributed by atoms with Crippen LogP contribution >= 0.6 is 0 Å². The number of epoxide rings is 1. The first-order valence-corrected chi connectivity index (χ1v) is 13.8. The van der Waals surface area contributed by atoms with Gasteiger partial charge >= 0.3 is 17.1 Å². The standard InChI is InChI=1S/C18H35FO4Si2/c1-10(2)24(11(3)4)20-9-14-16(15(19)18-17(14)21-18)22-25(23-24,12(5)6)13(7)8/h10-18H,9H2,1-8H3/t14-,15-,16?,17-,18+/m1/s1. The van der Waals surface area contributed by atoms with Crippen molar-refractivity contribution in [2.24, 2.45) is 5.92 Å². The predicted molar refractivity (Wildman–Crippen MR) is 101 cm³/mol. The number of hydrogen-bond acceptors (Lipinski definition) is 4. The molecule has 0 aromatic rings. The van der Waals surface area contributed by atoms with Gasteiger partial charge in [0.15, 0.2) is 6.17 Å². The first-order valence-electron chi connectivity index (χ1n) is 9.88. The smallest absolute Gasteiger partial charge is 0.335 e. The molecule has 0 bridgehead atoms. The second kappa shape index (κ2) is 6.67. The van der Waals surface area contributed by atoms with Crippen LogP contribution in [0.3, 0.4) is 0 Å². The molecule has 3 fully saturated rings. The minimum atomic E-state index is -2.68. The molecular formula is C18H35FO4Si2. The fourth-order valence-electron chi connectivity index (χ4n) is 4.84. The van der Waals surface area contributed by atoms with Crippen LogP contribution in [-0.4, -0.2) is 48.2 Å². The Kier molecular flexibility index (Phi) is 5.32.